The van der Waals surface area contributed by atoms with Crippen molar-refractivity contribution < 1.29 is 4.79 Å². The molecule has 0 spiro atoms. The van der Waals surface area contributed by atoms with E-state index in [9.17, 15) is 4.79 Å². The lowest BCUT2D eigenvalue weighted by atomic mass is 10.1. The SMILES string of the molecule is Cc1cccc(NC(=O)C2CCCC2)n1. The number of aryl methyl sites for hydroxylation is 1. The third-order valence-corrected chi connectivity index (χ3v) is 2.87. The van der Waals surface area contributed by atoms with Crippen LogP contribution in [0.3, 0.4) is 0 Å². The molecule has 3 heteroatoms. The zero-order chi connectivity index (χ0) is 10.7. The number of nitrogens with one attached hydrogen (secondary N) is 1. The van der Waals surface area contributed by atoms with Gasteiger partial charge in [-0.3, -0.25) is 4.79 Å². The van der Waals surface area contributed by atoms with Crippen molar-refractivity contribution in [3.8, 4) is 0 Å². The number of aromatic nitrogens is 1. The van der Waals surface area contributed by atoms with E-state index in [-0.39, 0.29) is 11.8 Å². The van der Waals surface area contributed by atoms with Crippen LogP contribution >= 0.6 is 0 Å². The molecular formula is C12H16N2O. The minimum Gasteiger partial charge on any atom is -0.310 e. The molecule has 15 heavy (non-hydrogen) atoms. The number of amides is 1. The Morgan fingerprint density at radius 2 is 2.13 bits per heavy atom. The molecular weight excluding hydrogens is 188 g/mol. The molecule has 1 fully saturated rings. The molecule has 1 saturated carbocycles. The molecule has 0 atom stereocenters. The number of anilines is 1. The van der Waals surface area contributed by atoms with Gasteiger partial charge < -0.3 is 5.32 Å². The van der Waals surface area contributed by atoms with E-state index in [0.717, 1.165) is 18.5 Å². The third kappa shape index (κ3) is 2.55. The van der Waals surface area contributed by atoms with Crippen LogP contribution in [0.2, 0.25) is 0 Å². The fourth-order valence-electron chi connectivity index (χ4n) is 2.03. The molecule has 0 aliphatic heterocycles. The molecule has 1 aromatic rings. The molecule has 1 N–H and O–H groups in total. The quantitative estimate of drug-likeness (QED) is 0.804. The summed E-state index contributed by atoms with van der Waals surface area (Å²) in [5.41, 5.74) is 0.930. The first-order valence-electron chi connectivity index (χ1n) is 5.50. The molecule has 1 aliphatic carbocycles. The van der Waals surface area contributed by atoms with E-state index in [1.807, 2.05) is 25.1 Å². The lowest BCUT2D eigenvalue weighted by Crippen LogP contribution is -2.20. The Morgan fingerprint density at radius 3 is 2.80 bits per heavy atom. The van der Waals surface area contributed by atoms with Crippen molar-refractivity contribution in [2.45, 2.75) is 32.6 Å². The summed E-state index contributed by atoms with van der Waals surface area (Å²) in [5, 5.41) is 2.87. The molecule has 80 valence electrons. The number of carbonyl (C=O) groups excluding carboxylic acids is 1. The van der Waals surface area contributed by atoms with Gasteiger partial charge in [-0.2, -0.15) is 0 Å². The summed E-state index contributed by atoms with van der Waals surface area (Å²) in [5.74, 6) is 1.00. The number of pyridine rings is 1. The largest absolute Gasteiger partial charge is 0.310 e. The fraction of sp³-hybridized carbons (Fsp3) is 0.500. The second-order valence-corrected chi connectivity index (χ2v) is 4.13. The first-order valence-corrected chi connectivity index (χ1v) is 5.50. The van der Waals surface area contributed by atoms with Crippen LogP contribution < -0.4 is 5.32 Å². The molecule has 0 saturated heterocycles. The van der Waals surface area contributed by atoms with Gasteiger partial charge in [0, 0.05) is 11.6 Å². The van der Waals surface area contributed by atoms with E-state index in [4.69, 9.17) is 0 Å². The highest BCUT2D eigenvalue weighted by Gasteiger charge is 2.22. The summed E-state index contributed by atoms with van der Waals surface area (Å²) < 4.78 is 0. The van der Waals surface area contributed by atoms with Crippen molar-refractivity contribution >= 4 is 11.7 Å². The maximum absolute atomic E-state index is 11.8. The van der Waals surface area contributed by atoms with Crippen molar-refractivity contribution in [2.24, 2.45) is 5.92 Å². The van der Waals surface area contributed by atoms with Crippen molar-refractivity contribution in [3.63, 3.8) is 0 Å². The zero-order valence-electron chi connectivity index (χ0n) is 8.99. The summed E-state index contributed by atoms with van der Waals surface area (Å²) in [6.45, 7) is 1.92. The summed E-state index contributed by atoms with van der Waals surface area (Å²) in [4.78, 5) is 16.0. The summed E-state index contributed by atoms with van der Waals surface area (Å²) in [6.07, 6.45) is 4.41. The van der Waals surface area contributed by atoms with Crippen LogP contribution in [0.5, 0.6) is 0 Å². The molecule has 0 unspecified atom stereocenters. The van der Waals surface area contributed by atoms with Gasteiger partial charge in [-0.1, -0.05) is 18.9 Å². The van der Waals surface area contributed by atoms with Gasteiger partial charge in [-0.25, -0.2) is 4.98 Å². The monoisotopic (exact) mass is 204 g/mol. The van der Waals surface area contributed by atoms with Crippen LogP contribution in [0.15, 0.2) is 18.2 Å². The number of rotatable bonds is 2. The fourth-order valence-corrected chi connectivity index (χ4v) is 2.03. The van der Waals surface area contributed by atoms with Crippen molar-refractivity contribution in [2.75, 3.05) is 5.32 Å². The van der Waals surface area contributed by atoms with E-state index in [1.165, 1.54) is 12.8 Å². The van der Waals surface area contributed by atoms with Gasteiger partial charge in [0.1, 0.15) is 5.82 Å². The van der Waals surface area contributed by atoms with Crippen LogP contribution in [-0.2, 0) is 4.79 Å². The lowest BCUT2D eigenvalue weighted by Gasteiger charge is -2.09. The Hall–Kier alpha value is -1.38. The smallest absolute Gasteiger partial charge is 0.228 e. The van der Waals surface area contributed by atoms with Gasteiger partial charge in [0.15, 0.2) is 0 Å². The number of carbonyl (C=O) groups is 1. The van der Waals surface area contributed by atoms with Crippen LogP contribution in [0, 0.1) is 12.8 Å². The average Bonchev–Trinajstić information content (AvgIpc) is 2.70. The van der Waals surface area contributed by atoms with Gasteiger partial charge in [0.25, 0.3) is 0 Å². The highest BCUT2D eigenvalue weighted by Crippen LogP contribution is 2.25. The molecule has 0 aromatic carbocycles. The van der Waals surface area contributed by atoms with E-state index >= 15 is 0 Å². The first-order chi connectivity index (χ1) is 7.25. The van der Waals surface area contributed by atoms with E-state index in [2.05, 4.69) is 10.3 Å². The molecule has 3 nitrogen and oxygen atoms in total. The normalized spacial score (nSPS) is 16.6. The highest BCUT2D eigenvalue weighted by molar-refractivity contribution is 5.91. The standard InChI is InChI=1S/C12H16N2O/c1-9-5-4-8-11(13-9)14-12(15)10-6-2-3-7-10/h4-5,8,10H,2-3,6-7H2,1H3,(H,13,14,15). The number of nitrogens with zero attached hydrogens (tertiary/aromatic N) is 1. The van der Waals surface area contributed by atoms with Gasteiger partial charge >= 0.3 is 0 Å². The van der Waals surface area contributed by atoms with Crippen LogP contribution in [-0.4, -0.2) is 10.9 Å². The molecule has 1 aromatic heterocycles. The number of hydrogen-bond donors (Lipinski definition) is 1. The second-order valence-electron chi connectivity index (χ2n) is 4.13. The predicted octanol–water partition coefficient (Wildman–Crippen LogP) is 2.52. The van der Waals surface area contributed by atoms with Gasteiger partial charge in [0.2, 0.25) is 5.91 Å². The van der Waals surface area contributed by atoms with Crippen LogP contribution in [0.1, 0.15) is 31.4 Å². The zero-order valence-corrected chi connectivity index (χ0v) is 8.99. The molecule has 1 amide bonds. The highest BCUT2D eigenvalue weighted by atomic mass is 16.1. The van der Waals surface area contributed by atoms with Gasteiger partial charge in [-0.15, -0.1) is 0 Å². The van der Waals surface area contributed by atoms with E-state index in [0.29, 0.717) is 5.82 Å². The second kappa shape index (κ2) is 4.43. The summed E-state index contributed by atoms with van der Waals surface area (Å²) >= 11 is 0. The first kappa shape index (κ1) is 10.1. The lowest BCUT2D eigenvalue weighted by molar-refractivity contribution is -0.119. The maximum Gasteiger partial charge on any atom is 0.228 e. The average molecular weight is 204 g/mol. The van der Waals surface area contributed by atoms with Gasteiger partial charge in [-0.05, 0) is 31.9 Å². The third-order valence-electron chi connectivity index (χ3n) is 2.87. The Bertz CT molecular complexity index is 356. The molecule has 0 radical (unpaired) electrons. The maximum atomic E-state index is 11.8. The molecule has 1 aliphatic rings. The Balaban J connectivity index is 1.99. The van der Waals surface area contributed by atoms with E-state index < -0.39 is 0 Å². The van der Waals surface area contributed by atoms with Crippen LogP contribution in [0.4, 0.5) is 5.82 Å². The van der Waals surface area contributed by atoms with Gasteiger partial charge in [0.05, 0.1) is 0 Å². The Labute approximate surface area is 89.9 Å². The molecule has 0 bridgehead atoms. The predicted molar refractivity (Wildman–Crippen MR) is 59.6 cm³/mol. The number of hydrogen-bond acceptors (Lipinski definition) is 2. The minimum absolute atomic E-state index is 0.130. The van der Waals surface area contributed by atoms with E-state index in [1.54, 1.807) is 0 Å². The Kier molecular flexibility index (Phi) is 2.99. The summed E-state index contributed by atoms with van der Waals surface area (Å²) in [6, 6.07) is 5.66. The van der Waals surface area contributed by atoms with Crippen molar-refractivity contribution in [1.82, 2.24) is 4.98 Å². The van der Waals surface area contributed by atoms with Crippen molar-refractivity contribution in [3.05, 3.63) is 23.9 Å². The molecule has 1 heterocycles. The Morgan fingerprint density at radius 1 is 1.40 bits per heavy atom. The van der Waals surface area contributed by atoms with Crippen LogP contribution in [0.25, 0.3) is 0 Å². The van der Waals surface area contributed by atoms with Crippen molar-refractivity contribution in [1.29, 1.82) is 0 Å². The summed E-state index contributed by atoms with van der Waals surface area (Å²) in [7, 11) is 0. The topological polar surface area (TPSA) is 42.0 Å². The molecule has 2 rings (SSSR count). The minimum atomic E-state index is 0.130.